The van der Waals surface area contributed by atoms with Crippen LogP contribution >= 0.6 is 11.3 Å². The van der Waals surface area contributed by atoms with E-state index in [4.69, 9.17) is 0 Å². The van der Waals surface area contributed by atoms with Gasteiger partial charge in [0.1, 0.15) is 4.88 Å². The van der Waals surface area contributed by atoms with Gasteiger partial charge in [0, 0.05) is 19.1 Å². The summed E-state index contributed by atoms with van der Waals surface area (Å²) in [6.45, 7) is 9.01. The topological polar surface area (TPSA) is 45.2 Å². The molecule has 0 bridgehead atoms. The molecule has 1 fully saturated rings. The fourth-order valence-electron chi connectivity index (χ4n) is 2.70. The smallest absolute Gasteiger partial charge is 0.266 e. The van der Waals surface area contributed by atoms with E-state index in [1.165, 1.54) is 0 Å². The lowest BCUT2D eigenvalue weighted by molar-refractivity contribution is 0.0696. The standard InChI is InChI=1S/C15H25N3OS/c1-4-6-13-17-11(3)14(20-13)15(19)18(9-5-2)12-7-8-16-10-12/h12,16H,4-10H2,1-3H3. The van der Waals surface area contributed by atoms with E-state index in [1.54, 1.807) is 11.3 Å². The average molecular weight is 295 g/mol. The zero-order chi connectivity index (χ0) is 14.5. The van der Waals surface area contributed by atoms with E-state index in [0.29, 0.717) is 6.04 Å². The number of nitrogens with one attached hydrogen (secondary N) is 1. The highest BCUT2D eigenvalue weighted by atomic mass is 32.1. The molecule has 112 valence electrons. The Morgan fingerprint density at radius 2 is 2.25 bits per heavy atom. The second-order valence-electron chi connectivity index (χ2n) is 5.42. The molecule has 0 aromatic carbocycles. The van der Waals surface area contributed by atoms with Crippen molar-refractivity contribution < 1.29 is 4.79 Å². The molecule has 5 heteroatoms. The van der Waals surface area contributed by atoms with Gasteiger partial charge in [-0.05, 0) is 39.2 Å². The number of rotatable bonds is 6. The van der Waals surface area contributed by atoms with Crippen LogP contribution < -0.4 is 5.32 Å². The monoisotopic (exact) mass is 295 g/mol. The first kappa shape index (κ1) is 15.4. The maximum atomic E-state index is 12.8. The largest absolute Gasteiger partial charge is 0.334 e. The molecule has 1 aliphatic rings. The molecular weight excluding hydrogens is 270 g/mol. The molecular formula is C15H25N3OS. The number of amides is 1. The van der Waals surface area contributed by atoms with E-state index in [1.807, 2.05) is 6.92 Å². The van der Waals surface area contributed by atoms with Crippen LogP contribution in [-0.2, 0) is 6.42 Å². The summed E-state index contributed by atoms with van der Waals surface area (Å²) in [5.41, 5.74) is 0.899. The highest BCUT2D eigenvalue weighted by Crippen LogP contribution is 2.23. The Kier molecular flexibility index (Phi) is 5.54. The van der Waals surface area contributed by atoms with E-state index in [-0.39, 0.29) is 5.91 Å². The number of carbonyl (C=O) groups excluding carboxylic acids is 1. The third-order valence-electron chi connectivity index (χ3n) is 3.70. The van der Waals surface area contributed by atoms with Gasteiger partial charge in [-0.2, -0.15) is 0 Å². The maximum absolute atomic E-state index is 12.8. The number of aromatic nitrogens is 1. The Morgan fingerprint density at radius 1 is 1.45 bits per heavy atom. The van der Waals surface area contributed by atoms with Crippen molar-refractivity contribution in [2.24, 2.45) is 0 Å². The van der Waals surface area contributed by atoms with Crippen LogP contribution in [0.3, 0.4) is 0 Å². The predicted molar refractivity (Wildman–Crippen MR) is 83.4 cm³/mol. The summed E-state index contributed by atoms with van der Waals surface area (Å²) in [7, 11) is 0. The predicted octanol–water partition coefficient (Wildman–Crippen LogP) is 2.62. The molecule has 2 heterocycles. The second kappa shape index (κ2) is 7.18. The summed E-state index contributed by atoms with van der Waals surface area (Å²) < 4.78 is 0. The van der Waals surface area contributed by atoms with Crippen molar-refractivity contribution >= 4 is 17.2 Å². The SMILES string of the molecule is CCCc1nc(C)c(C(=O)N(CCC)C2CCNC2)s1. The third kappa shape index (κ3) is 3.38. The fraction of sp³-hybridized carbons (Fsp3) is 0.733. The van der Waals surface area contributed by atoms with Gasteiger partial charge in [-0.15, -0.1) is 11.3 Å². The number of hydrogen-bond donors (Lipinski definition) is 1. The molecule has 1 saturated heterocycles. The third-order valence-corrected chi connectivity index (χ3v) is 4.90. The number of aryl methyl sites for hydroxylation is 2. The van der Waals surface area contributed by atoms with Crippen LogP contribution in [0.25, 0.3) is 0 Å². The van der Waals surface area contributed by atoms with Crippen molar-refractivity contribution in [3.8, 4) is 0 Å². The quantitative estimate of drug-likeness (QED) is 0.877. The molecule has 1 atom stereocenters. The average Bonchev–Trinajstić information content (AvgIpc) is 3.05. The van der Waals surface area contributed by atoms with E-state index in [9.17, 15) is 4.79 Å². The van der Waals surface area contributed by atoms with Crippen molar-refractivity contribution in [1.29, 1.82) is 0 Å². The van der Waals surface area contributed by atoms with Gasteiger partial charge in [-0.3, -0.25) is 4.79 Å². The highest BCUT2D eigenvalue weighted by Gasteiger charge is 2.28. The van der Waals surface area contributed by atoms with Gasteiger partial charge < -0.3 is 10.2 Å². The van der Waals surface area contributed by atoms with Crippen LogP contribution in [0.2, 0.25) is 0 Å². The van der Waals surface area contributed by atoms with Gasteiger partial charge in [0.15, 0.2) is 0 Å². The first-order valence-corrected chi connectivity index (χ1v) is 8.47. The molecule has 0 saturated carbocycles. The molecule has 4 nitrogen and oxygen atoms in total. The van der Waals surface area contributed by atoms with Crippen molar-refractivity contribution in [3.63, 3.8) is 0 Å². The molecule has 0 radical (unpaired) electrons. The minimum Gasteiger partial charge on any atom is -0.334 e. The first-order chi connectivity index (χ1) is 9.67. The molecule has 1 aromatic heterocycles. The maximum Gasteiger partial charge on any atom is 0.266 e. The highest BCUT2D eigenvalue weighted by molar-refractivity contribution is 7.13. The molecule has 1 aliphatic heterocycles. The summed E-state index contributed by atoms with van der Waals surface area (Å²) in [5, 5.41) is 4.44. The fourth-order valence-corrected chi connectivity index (χ4v) is 3.82. The van der Waals surface area contributed by atoms with Crippen molar-refractivity contribution in [2.45, 2.75) is 52.5 Å². The molecule has 1 unspecified atom stereocenters. The van der Waals surface area contributed by atoms with Gasteiger partial charge in [0.2, 0.25) is 0 Å². The molecule has 1 aromatic rings. The number of thiazole rings is 1. The summed E-state index contributed by atoms with van der Waals surface area (Å²) in [4.78, 5) is 20.3. The van der Waals surface area contributed by atoms with E-state index in [2.05, 4.69) is 29.0 Å². The van der Waals surface area contributed by atoms with Gasteiger partial charge >= 0.3 is 0 Å². The summed E-state index contributed by atoms with van der Waals surface area (Å²) in [6, 6.07) is 0.346. The Morgan fingerprint density at radius 3 is 2.85 bits per heavy atom. The van der Waals surface area contributed by atoms with Gasteiger partial charge in [-0.1, -0.05) is 13.8 Å². The Hall–Kier alpha value is -0.940. The molecule has 1 N–H and O–H groups in total. The Balaban J connectivity index is 2.17. The zero-order valence-electron chi connectivity index (χ0n) is 12.7. The van der Waals surface area contributed by atoms with Crippen LogP contribution in [0.15, 0.2) is 0 Å². The van der Waals surface area contributed by atoms with E-state index in [0.717, 1.165) is 60.9 Å². The minimum atomic E-state index is 0.179. The molecule has 1 amide bonds. The molecule has 20 heavy (non-hydrogen) atoms. The number of hydrogen-bond acceptors (Lipinski definition) is 4. The van der Waals surface area contributed by atoms with Crippen LogP contribution in [-0.4, -0.2) is 41.5 Å². The van der Waals surface area contributed by atoms with Crippen molar-refractivity contribution in [2.75, 3.05) is 19.6 Å². The molecule has 0 aliphatic carbocycles. The summed E-state index contributed by atoms with van der Waals surface area (Å²) >= 11 is 1.58. The zero-order valence-corrected chi connectivity index (χ0v) is 13.6. The van der Waals surface area contributed by atoms with Crippen LogP contribution in [0.1, 0.15) is 53.5 Å². The summed E-state index contributed by atoms with van der Waals surface area (Å²) in [5.74, 6) is 0.179. The van der Waals surface area contributed by atoms with Crippen LogP contribution in [0.4, 0.5) is 0 Å². The molecule has 2 rings (SSSR count). The number of nitrogens with zero attached hydrogens (tertiary/aromatic N) is 2. The van der Waals surface area contributed by atoms with Gasteiger partial charge in [0.05, 0.1) is 10.7 Å². The lowest BCUT2D eigenvalue weighted by atomic mass is 10.2. The number of carbonyl (C=O) groups is 1. The Labute approximate surface area is 125 Å². The lowest BCUT2D eigenvalue weighted by Crippen LogP contribution is -2.42. The minimum absolute atomic E-state index is 0.179. The first-order valence-electron chi connectivity index (χ1n) is 7.65. The van der Waals surface area contributed by atoms with Crippen molar-refractivity contribution in [1.82, 2.24) is 15.2 Å². The summed E-state index contributed by atoms with van der Waals surface area (Å²) in [6.07, 6.45) is 4.11. The normalized spacial score (nSPS) is 18.4. The molecule has 0 spiro atoms. The lowest BCUT2D eigenvalue weighted by Gasteiger charge is -2.27. The Bertz CT molecular complexity index is 452. The van der Waals surface area contributed by atoms with Gasteiger partial charge in [0.25, 0.3) is 5.91 Å². The van der Waals surface area contributed by atoms with E-state index < -0.39 is 0 Å². The van der Waals surface area contributed by atoms with Crippen molar-refractivity contribution in [3.05, 3.63) is 15.6 Å². The van der Waals surface area contributed by atoms with Crippen LogP contribution in [0, 0.1) is 6.92 Å². The van der Waals surface area contributed by atoms with Gasteiger partial charge in [-0.25, -0.2) is 4.98 Å². The van der Waals surface area contributed by atoms with E-state index >= 15 is 0 Å². The second-order valence-corrected chi connectivity index (χ2v) is 6.50. The van der Waals surface area contributed by atoms with Crippen LogP contribution in [0.5, 0.6) is 0 Å².